The summed E-state index contributed by atoms with van der Waals surface area (Å²) < 4.78 is 0. The van der Waals surface area contributed by atoms with E-state index in [-0.39, 0.29) is 0 Å². The highest BCUT2D eigenvalue weighted by Crippen LogP contribution is 2.11. The number of rotatable bonds is 2. The predicted octanol–water partition coefficient (Wildman–Crippen LogP) is 2.81. The van der Waals surface area contributed by atoms with Gasteiger partial charge in [0.1, 0.15) is 0 Å². The summed E-state index contributed by atoms with van der Waals surface area (Å²) >= 11 is 5.74. The average Bonchev–Trinajstić information content (AvgIpc) is 2.05. The smallest absolute Gasteiger partial charge is 0.0661 e. The van der Waals surface area contributed by atoms with Gasteiger partial charge in [0.15, 0.2) is 0 Å². The molecule has 62 valence electrons. The van der Waals surface area contributed by atoms with E-state index < -0.39 is 0 Å². The number of benzene rings is 1. The summed E-state index contributed by atoms with van der Waals surface area (Å²) in [6.07, 6.45) is 4.72. The third kappa shape index (κ3) is 2.76. The molecule has 0 radical (unpaired) electrons. The molecule has 1 rings (SSSR count). The number of hydrogen-bond acceptors (Lipinski definition) is 2. The SMILES string of the molecule is ON=C/C=C/c1cccc(Cl)c1. The number of hydrogen-bond donors (Lipinski definition) is 1. The van der Waals surface area contributed by atoms with E-state index in [9.17, 15) is 0 Å². The van der Waals surface area contributed by atoms with Crippen molar-refractivity contribution in [3.05, 3.63) is 40.9 Å². The molecular formula is C9H8ClNO. The van der Waals surface area contributed by atoms with Crippen molar-refractivity contribution in [2.75, 3.05) is 0 Å². The minimum atomic E-state index is 0.693. The van der Waals surface area contributed by atoms with Crippen LogP contribution in [0.4, 0.5) is 0 Å². The predicted molar refractivity (Wildman–Crippen MR) is 50.8 cm³/mol. The standard InChI is InChI=1S/C9H8ClNO/c10-9-5-1-3-8(7-9)4-2-6-11-12/h1-7,12H/b4-2+,11-6?. The number of allylic oxidation sites excluding steroid dienone is 1. The van der Waals surface area contributed by atoms with Crippen LogP contribution in [0.5, 0.6) is 0 Å². The summed E-state index contributed by atoms with van der Waals surface area (Å²) in [5, 5.41) is 11.6. The molecule has 3 heteroatoms. The minimum absolute atomic E-state index is 0.693. The Morgan fingerprint density at radius 2 is 2.25 bits per heavy atom. The van der Waals surface area contributed by atoms with Gasteiger partial charge in [-0.25, -0.2) is 0 Å². The molecular weight excluding hydrogens is 174 g/mol. The van der Waals surface area contributed by atoms with E-state index in [0.29, 0.717) is 5.02 Å². The molecule has 0 amide bonds. The van der Waals surface area contributed by atoms with Crippen LogP contribution in [-0.2, 0) is 0 Å². The number of oxime groups is 1. The Balaban J connectivity index is 2.76. The van der Waals surface area contributed by atoms with E-state index in [1.165, 1.54) is 6.21 Å². The Hall–Kier alpha value is -1.28. The highest BCUT2D eigenvalue weighted by Gasteiger charge is 1.86. The molecule has 0 fully saturated rings. The molecule has 1 N–H and O–H groups in total. The highest BCUT2D eigenvalue weighted by atomic mass is 35.5. The van der Waals surface area contributed by atoms with Crippen LogP contribution in [0.25, 0.3) is 6.08 Å². The van der Waals surface area contributed by atoms with Gasteiger partial charge in [0, 0.05) is 5.02 Å². The molecule has 0 bridgehead atoms. The van der Waals surface area contributed by atoms with Gasteiger partial charge in [-0.15, -0.1) is 0 Å². The van der Waals surface area contributed by atoms with Crippen molar-refractivity contribution >= 4 is 23.9 Å². The largest absolute Gasteiger partial charge is 0.411 e. The Labute approximate surface area is 75.8 Å². The van der Waals surface area contributed by atoms with Gasteiger partial charge in [-0.3, -0.25) is 0 Å². The van der Waals surface area contributed by atoms with Crippen molar-refractivity contribution in [3.8, 4) is 0 Å². The molecule has 0 saturated heterocycles. The molecule has 0 atom stereocenters. The first-order chi connectivity index (χ1) is 5.83. The molecule has 0 unspecified atom stereocenters. The monoisotopic (exact) mass is 181 g/mol. The van der Waals surface area contributed by atoms with Gasteiger partial charge in [-0.1, -0.05) is 35.0 Å². The molecule has 12 heavy (non-hydrogen) atoms. The summed E-state index contributed by atoms with van der Waals surface area (Å²) in [4.78, 5) is 0. The Bertz CT molecular complexity index is 307. The van der Waals surface area contributed by atoms with Crippen molar-refractivity contribution in [2.45, 2.75) is 0 Å². The second-order valence-electron chi connectivity index (χ2n) is 2.18. The molecule has 1 aromatic carbocycles. The Morgan fingerprint density at radius 1 is 1.42 bits per heavy atom. The van der Waals surface area contributed by atoms with E-state index in [0.717, 1.165) is 5.56 Å². The van der Waals surface area contributed by atoms with Gasteiger partial charge in [0.25, 0.3) is 0 Å². The first-order valence-electron chi connectivity index (χ1n) is 3.42. The lowest BCUT2D eigenvalue weighted by molar-refractivity contribution is 0.322. The molecule has 0 aliphatic carbocycles. The van der Waals surface area contributed by atoms with E-state index in [1.54, 1.807) is 18.2 Å². The van der Waals surface area contributed by atoms with Gasteiger partial charge < -0.3 is 5.21 Å². The molecule has 0 aromatic heterocycles. The summed E-state index contributed by atoms with van der Waals surface area (Å²) in [7, 11) is 0. The normalized spacial score (nSPS) is 11.4. The van der Waals surface area contributed by atoms with Crippen molar-refractivity contribution < 1.29 is 5.21 Å². The lowest BCUT2D eigenvalue weighted by Gasteiger charge is -1.91. The maximum absolute atomic E-state index is 8.09. The second-order valence-corrected chi connectivity index (χ2v) is 2.62. The lowest BCUT2D eigenvalue weighted by atomic mass is 10.2. The van der Waals surface area contributed by atoms with Gasteiger partial charge in [-0.05, 0) is 23.8 Å². The molecule has 0 aliphatic heterocycles. The van der Waals surface area contributed by atoms with Crippen LogP contribution in [0.15, 0.2) is 35.5 Å². The van der Waals surface area contributed by atoms with Crippen molar-refractivity contribution in [1.29, 1.82) is 0 Å². The quantitative estimate of drug-likeness (QED) is 0.425. The lowest BCUT2D eigenvalue weighted by Crippen LogP contribution is -1.71. The van der Waals surface area contributed by atoms with E-state index in [2.05, 4.69) is 5.16 Å². The Kier molecular flexibility index (Phi) is 3.35. The molecule has 2 nitrogen and oxygen atoms in total. The third-order valence-electron chi connectivity index (χ3n) is 1.29. The number of nitrogens with zero attached hydrogens (tertiary/aromatic N) is 1. The zero-order valence-electron chi connectivity index (χ0n) is 6.31. The summed E-state index contributed by atoms with van der Waals surface area (Å²) in [6, 6.07) is 7.40. The van der Waals surface area contributed by atoms with Crippen LogP contribution in [0.1, 0.15) is 5.56 Å². The van der Waals surface area contributed by atoms with E-state index in [1.807, 2.05) is 18.2 Å². The highest BCUT2D eigenvalue weighted by molar-refractivity contribution is 6.30. The topological polar surface area (TPSA) is 32.6 Å². The van der Waals surface area contributed by atoms with Crippen LogP contribution in [0, 0.1) is 0 Å². The third-order valence-corrected chi connectivity index (χ3v) is 1.53. The summed E-state index contributed by atoms with van der Waals surface area (Å²) in [6.45, 7) is 0. The maximum atomic E-state index is 8.09. The van der Waals surface area contributed by atoms with Gasteiger partial charge >= 0.3 is 0 Å². The van der Waals surface area contributed by atoms with Crippen molar-refractivity contribution in [3.63, 3.8) is 0 Å². The van der Waals surface area contributed by atoms with E-state index >= 15 is 0 Å². The molecule has 0 heterocycles. The first-order valence-corrected chi connectivity index (χ1v) is 3.80. The fraction of sp³-hybridized carbons (Fsp3) is 0. The molecule has 1 aromatic rings. The van der Waals surface area contributed by atoms with Crippen LogP contribution >= 0.6 is 11.6 Å². The summed E-state index contributed by atoms with van der Waals surface area (Å²) in [5.41, 5.74) is 0.974. The van der Waals surface area contributed by atoms with E-state index in [4.69, 9.17) is 16.8 Å². The van der Waals surface area contributed by atoms with Crippen LogP contribution in [0.3, 0.4) is 0 Å². The average molecular weight is 182 g/mol. The van der Waals surface area contributed by atoms with Crippen molar-refractivity contribution in [2.24, 2.45) is 5.16 Å². The van der Waals surface area contributed by atoms with Crippen LogP contribution in [-0.4, -0.2) is 11.4 Å². The van der Waals surface area contributed by atoms with Gasteiger partial charge in [0.05, 0.1) is 6.21 Å². The van der Waals surface area contributed by atoms with Crippen LogP contribution in [0.2, 0.25) is 5.02 Å². The number of halogens is 1. The zero-order valence-corrected chi connectivity index (χ0v) is 7.07. The molecule has 0 aliphatic rings. The van der Waals surface area contributed by atoms with Crippen LogP contribution < -0.4 is 0 Å². The Morgan fingerprint density at radius 3 is 2.92 bits per heavy atom. The first kappa shape index (κ1) is 8.81. The molecule has 0 saturated carbocycles. The fourth-order valence-electron chi connectivity index (χ4n) is 0.803. The molecule has 0 spiro atoms. The minimum Gasteiger partial charge on any atom is -0.411 e. The van der Waals surface area contributed by atoms with Crippen molar-refractivity contribution in [1.82, 2.24) is 0 Å². The van der Waals surface area contributed by atoms with Gasteiger partial charge in [0.2, 0.25) is 0 Å². The summed E-state index contributed by atoms with van der Waals surface area (Å²) in [5.74, 6) is 0. The zero-order chi connectivity index (χ0) is 8.81. The van der Waals surface area contributed by atoms with Gasteiger partial charge in [-0.2, -0.15) is 0 Å². The maximum Gasteiger partial charge on any atom is 0.0661 e. The fourth-order valence-corrected chi connectivity index (χ4v) is 1.00. The second kappa shape index (κ2) is 4.57.